The molecule has 0 bridgehead atoms. The van der Waals surface area contributed by atoms with Gasteiger partial charge in [-0.15, -0.1) is 0 Å². The van der Waals surface area contributed by atoms with Crippen LogP contribution in [0.1, 0.15) is 12.8 Å². The van der Waals surface area contributed by atoms with E-state index in [2.05, 4.69) is 9.97 Å². The molecule has 1 saturated heterocycles. The molecule has 16 heavy (non-hydrogen) atoms. The zero-order valence-electron chi connectivity index (χ0n) is 8.89. The highest BCUT2D eigenvalue weighted by atomic mass is 32.2. The Bertz CT molecular complexity index is 518. The van der Waals surface area contributed by atoms with Crippen molar-refractivity contribution in [3.8, 4) is 0 Å². The van der Waals surface area contributed by atoms with Crippen molar-refractivity contribution in [2.45, 2.75) is 12.8 Å². The second-order valence-electron chi connectivity index (χ2n) is 3.78. The first kappa shape index (κ1) is 11.1. The normalized spacial score (nSPS) is 18.0. The minimum absolute atomic E-state index is 0.424. The Morgan fingerprint density at radius 2 is 1.81 bits per heavy atom. The van der Waals surface area contributed by atoms with Gasteiger partial charge in [0.05, 0.1) is 28.9 Å². The molecule has 2 aromatic rings. The number of benzene rings is 1. The van der Waals surface area contributed by atoms with Crippen LogP contribution in [0.5, 0.6) is 0 Å². The zero-order valence-corrected chi connectivity index (χ0v) is 9.70. The van der Waals surface area contributed by atoms with Crippen molar-refractivity contribution in [3.05, 3.63) is 30.6 Å². The second-order valence-corrected chi connectivity index (χ2v) is 6.08. The van der Waals surface area contributed by atoms with Gasteiger partial charge in [-0.25, -0.2) is 13.4 Å². The first-order valence-electron chi connectivity index (χ1n) is 5.26. The van der Waals surface area contributed by atoms with Gasteiger partial charge in [0.15, 0.2) is 0 Å². The van der Waals surface area contributed by atoms with E-state index in [0.29, 0.717) is 11.5 Å². The molecule has 0 spiro atoms. The van der Waals surface area contributed by atoms with Gasteiger partial charge in [0.2, 0.25) is 0 Å². The molecule has 2 heterocycles. The van der Waals surface area contributed by atoms with Crippen molar-refractivity contribution < 1.29 is 8.42 Å². The first-order chi connectivity index (χ1) is 7.67. The Labute approximate surface area is 94.6 Å². The summed E-state index contributed by atoms with van der Waals surface area (Å²) >= 11 is 0. The molecule has 0 radical (unpaired) electrons. The molecule has 4 nitrogen and oxygen atoms in total. The maximum absolute atomic E-state index is 10.4. The Balaban J connectivity index is 0.000000125. The largest absolute Gasteiger partial charge is 0.345 e. The lowest BCUT2D eigenvalue weighted by Crippen LogP contribution is -1.98. The van der Waals surface area contributed by atoms with Gasteiger partial charge < -0.3 is 4.98 Å². The molecule has 5 heteroatoms. The highest BCUT2D eigenvalue weighted by Crippen LogP contribution is 2.08. The van der Waals surface area contributed by atoms with Crippen LogP contribution in [0.3, 0.4) is 0 Å². The maximum atomic E-state index is 10.4. The van der Waals surface area contributed by atoms with E-state index in [1.807, 2.05) is 24.3 Å². The van der Waals surface area contributed by atoms with E-state index in [-0.39, 0.29) is 0 Å². The topological polar surface area (TPSA) is 62.8 Å². The standard InChI is InChI=1S/C7H6N2.C4H8O2S/c1-2-4-7-6(3-1)8-5-9-7;5-7(6)3-1-2-4-7/h1-5H,(H,8,9);1-4H2. The molecule has 0 amide bonds. The SMILES string of the molecule is O=S1(=O)CCCC1.c1ccc2[nH]cnc2c1. The molecule has 1 aliphatic heterocycles. The van der Waals surface area contributed by atoms with Crippen molar-refractivity contribution in [3.63, 3.8) is 0 Å². The quantitative estimate of drug-likeness (QED) is 0.760. The van der Waals surface area contributed by atoms with E-state index in [1.54, 1.807) is 6.33 Å². The summed E-state index contributed by atoms with van der Waals surface area (Å²) in [5.41, 5.74) is 2.12. The molecule has 86 valence electrons. The number of hydrogen-bond donors (Lipinski definition) is 1. The van der Waals surface area contributed by atoms with Gasteiger partial charge in [0, 0.05) is 0 Å². The van der Waals surface area contributed by atoms with E-state index < -0.39 is 9.84 Å². The molecule has 1 aliphatic rings. The van der Waals surface area contributed by atoms with Crippen molar-refractivity contribution in [1.82, 2.24) is 9.97 Å². The van der Waals surface area contributed by atoms with Crippen molar-refractivity contribution >= 4 is 20.9 Å². The van der Waals surface area contributed by atoms with Gasteiger partial charge in [0.1, 0.15) is 9.84 Å². The molecular formula is C11H14N2O2S. The third-order valence-electron chi connectivity index (χ3n) is 2.49. The molecule has 1 aromatic heterocycles. The molecule has 3 rings (SSSR count). The fraction of sp³-hybridized carbons (Fsp3) is 0.364. The lowest BCUT2D eigenvalue weighted by atomic mass is 10.3. The number of aromatic nitrogens is 2. The highest BCUT2D eigenvalue weighted by molar-refractivity contribution is 7.91. The Morgan fingerprint density at radius 1 is 1.12 bits per heavy atom. The Hall–Kier alpha value is -1.36. The second kappa shape index (κ2) is 4.65. The minimum Gasteiger partial charge on any atom is -0.345 e. The van der Waals surface area contributed by atoms with Gasteiger partial charge in [0.25, 0.3) is 0 Å². The monoisotopic (exact) mass is 238 g/mol. The Morgan fingerprint density at radius 3 is 2.38 bits per heavy atom. The third-order valence-corrected chi connectivity index (χ3v) is 4.31. The summed E-state index contributed by atoms with van der Waals surface area (Å²) < 4.78 is 20.9. The van der Waals surface area contributed by atoms with E-state index in [9.17, 15) is 8.42 Å². The van der Waals surface area contributed by atoms with Crippen LogP contribution in [-0.4, -0.2) is 29.9 Å². The molecule has 0 saturated carbocycles. The lowest BCUT2D eigenvalue weighted by molar-refractivity contribution is 0.602. The maximum Gasteiger partial charge on any atom is 0.150 e. The van der Waals surface area contributed by atoms with E-state index in [0.717, 1.165) is 23.9 Å². The summed E-state index contributed by atoms with van der Waals surface area (Å²) in [5, 5.41) is 0. The smallest absolute Gasteiger partial charge is 0.150 e. The van der Waals surface area contributed by atoms with Crippen LogP contribution in [0.2, 0.25) is 0 Å². The summed E-state index contributed by atoms with van der Waals surface area (Å²) in [6.07, 6.45) is 3.45. The number of hydrogen-bond acceptors (Lipinski definition) is 3. The summed E-state index contributed by atoms with van der Waals surface area (Å²) in [6.45, 7) is 0. The number of imidazole rings is 1. The first-order valence-corrected chi connectivity index (χ1v) is 7.08. The van der Waals surface area contributed by atoms with Crippen LogP contribution in [0, 0.1) is 0 Å². The van der Waals surface area contributed by atoms with Crippen LogP contribution in [-0.2, 0) is 9.84 Å². The average molecular weight is 238 g/mol. The summed E-state index contributed by atoms with van der Waals surface area (Å²) in [7, 11) is -2.55. The van der Waals surface area contributed by atoms with Crippen molar-refractivity contribution in [1.29, 1.82) is 0 Å². The number of nitrogens with one attached hydrogen (secondary N) is 1. The van der Waals surface area contributed by atoms with Crippen LogP contribution in [0.15, 0.2) is 30.6 Å². The third kappa shape index (κ3) is 2.82. The molecule has 1 fully saturated rings. The van der Waals surface area contributed by atoms with Crippen LogP contribution < -0.4 is 0 Å². The van der Waals surface area contributed by atoms with Crippen LogP contribution in [0.25, 0.3) is 11.0 Å². The van der Waals surface area contributed by atoms with Gasteiger partial charge in [-0.1, -0.05) is 12.1 Å². The molecule has 0 unspecified atom stereocenters. The fourth-order valence-corrected chi connectivity index (χ4v) is 3.12. The predicted molar refractivity (Wildman–Crippen MR) is 64.0 cm³/mol. The number of fused-ring (bicyclic) bond motifs is 1. The molecule has 0 atom stereocenters. The molecular weight excluding hydrogens is 224 g/mol. The van der Waals surface area contributed by atoms with E-state index in [1.165, 1.54) is 0 Å². The number of para-hydroxylation sites is 2. The van der Waals surface area contributed by atoms with E-state index in [4.69, 9.17) is 0 Å². The molecule has 1 aromatic carbocycles. The zero-order chi connectivity index (χ0) is 11.4. The van der Waals surface area contributed by atoms with Gasteiger partial charge in [-0.05, 0) is 25.0 Å². The van der Waals surface area contributed by atoms with Crippen molar-refractivity contribution in [2.24, 2.45) is 0 Å². The summed E-state index contributed by atoms with van der Waals surface area (Å²) in [4.78, 5) is 7.07. The lowest BCUT2D eigenvalue weighted by Gasteiger charge is -1.81. The summed E-state index contributed by atoms with van der Waals surface area (Å²) in [6, 6.07) is 7.94. The summed E-state index contributed by atoms with van der Waals surface area (Å²) in [5.74, 6) is 0.847. The minimum atomic E-state index is -2.55. The van der Waals surface area contributed by atoms with Crippen LogP contribution >= 0.6 is 0 Å². The number of rotatable bonds is 0. The van der Waals surface area contributed by atoms with Crippen molar-refractivity contribution in [2.75, 3.05) is 11.5 Å². The van der Waals surface area contributed by atoms with Gasteiger partial charge >= 0.3 is 0 Å². The Kier molecular flexibility index (Phi) is 3.24. The molecule has 1 N–H and O–H groups in total. The molecule has 0 aliphatic carbocycles. The highest BCUT2D eigenvalue weighted by Gasteiger charge is 2.16. The van der Waals surface area contributed by atoms with Gasteiger partial charge in [-0.3, -0.25) is 0 Å². The van der Waals surface area contributed by atoms with Crippen LogP contribution in [0.4, 0.5) is 0 Å². The average Bonchev–Trinajstić information content (AvgIpc) is 2.86. The fourth-order valence-electron chi connectivity index (χ4n) is 1.63. The number of nitrogens with zero attached hydrogens (tertiary/aromatic N) is 1. The number of H-pyrrole nitrogens is 1. The number of aromatic amines is 1. The van der Waals surface area contributed by atoms with Gasteiger partial charge in [-0.2, -0.15) is 0 Å². The van der Waals surface area contributed by atoms with E-state index >= 15 is 0 Å². The number of sulfone groups is 1. The predicted octanol–water partition coefficient (Wildman–Crippen LogP) is 1.76.